The van der Waals surface area contributed by atoms with E-state index >= 15 is 0 Å². The third-order valence-electron chi connectivity index (χ3n) is 4.62. The summed E-state index contributed by atoms with van der Waals surface area (Å²) in [4.78, 5) is 18.1. The van der Waals surface area contributed by atoms with Gasteiger partial charge in [-0.05, 0) is 43.0 Å². The molecular formula is C22H21N3O2S. The average Bonchev–Trinajstić information content (AvgIpc) is 3.28. The Morgan fingerprint density at radius 3 is 2.75 bits per heavy atom. The number of rotatable bonds is 7. The van der Waals surface area contributed by atoms with Crippen molar-refractivity contribution in [3.05, 3.63) is 77.2 Å². The topological polar surface area (TPSA) is 67.5 Å². The van der Waals surface area contributed by atoms with E-state index in [0.717, 1.165) is 27.4 Å². The summed E-state index contributed by atoms with van der Waals surface area (Å²) in [5.74, 6) is 1.37. The number of ketones is 1. The van der Waals surface area contributed by atoms with E-state index in [2.05, 4.69) is 10.1 Å². The molecule has 1 atom stereocenters. The Kier molecular flexibility index (Phi) is 4.86. The average molecular weight is 394 g/mol. The molecule has 1 aliphatic rings. The number of hydrazone groups is 1. The van der Waals surface area contributed by atoms with Crippen molar-refractivity contribution in [2.75, 3.05) is 0 Å². The Hall–Kier alpha value is -2.86. The molecule has 2 aromatic carbocycles. The van der Waals surface area contributed by atoms with Crippen molar-refractivity contribution in [2.45, 2.75) is 31.4 Å². The SMILES string of the molecule is [2H]C1=NN([2H])SC1Cc1ccc(C(=O)CCc2nc(-c3ccccc3)oc2C)cc1. The van der Waals surface area contributed by atoms with Gasteiger partial charge in [-0.2, -0.15) is 5.10 Å². The highest BCUT2D eigenvalue weighted by Gasteiger charge is 2.15. The number of carbonyl (C=O) groups is 1. The second kappa shape index (κ2) is 8.44. The molecule has 0 radical (unpaired) electrons. The van der Waals surface area contributed by atoms with Gasteiger partial charge in [-0.3, -0.25) is 9.62 Å². The maximum absolute atomic E-state index is 12.6. The van der Waals surface area contributed by atoms with Gasteiger partial charge in [-0.15, -0.1) is 0 Å². The van der Waals surface area contributed by atoms with Crippen molar-refractivity contribution in [2.24, 2.45) is 5.10 Å². The van der Waals surface area contributed by atoms with E-state index in [0.29, 0.717) is 30.7 Å². The lowest BCUT2D eigenvalue weighted by Gasteiger charge is -2.06. The minimum absolute atomic E-state index is 0.0560. The van der Waals surface area contributed by atoms with Gasteiger partial charge in [0.15, 0.2) is 7.20 Å². The zero-order valence-corrected chi connectivity index (χ0v) is 16.3. The number of hydrogen-bond acceptors (Lipinski definition) is 6. The molecule has 28 heavy (non-hydrogen) atoms. The second-order valence-corrected chi connectivity index (χ2v) is 7.56. The minimum Gasteiger partial charge on any atom is -0.441 e. The summed E-state index contributed by atoms with van der Waals surface area (Å²) in [6.45, 7) is 1.87. The van der Waals surface area contributed by atoms with Crippen LogP contribution in [0.1, 0.15) is 35.2 Å². The summed E-state index contributed by atoms with van der Waals surface area (Å²) in [6, 6.07) is 17.2. The van der Waals surface area contributed by atoms with Crippen LogP contribution in [0, 0.1) is 6.92 Å². The van der Waals surface area contributed by atoms with Crippen LogP contribution in [0.15, 0.2) is 64.1 Å². The minimum atomic E-state index is -0.155. The summed E-state index contributed by atoms with van der Waals surface area (Å²) in [6.07, 6.45) is 1.70. The molecule has 1 aliphatic heterocycles. The van der Waals surface area contributed by atoms with E-state index in [1.807, 2.05) is 61.5 Å². The number of aromatic nitrogens is 1. The third kappa shape index (κ3) is 4.34. The summed E-state index contributed by atoms with van der Waals surface area (Å²) in [5, 5.41) is 3.62. The van der Waals surface area contributed by atoms with Crippen LogP contribution in [0.2, 0.25) is 1.41 Å². The number of nitrogens with one attached hydrogen (secondary N) is 1. The molecule has 0 spiro atoms. The fourth-order valence-electron chi connectivity index (χ4n) is 3.06. The summed E-state index contributed by atoms with van der Waals surface area (Å²) < 4.78 is 21.0. The molecular weight excluding hydrogens is 370 g/mol. The fraction of sp³-hybridized carbons (Fsp3) is 0.227. The van der Waals surface area contributed by atoms with Gasteiger partial charge in [0, 0.05) is 30.2 Å². The first kappa shape index (κ1) is 16.1. The van der Waals surface area contributed by atoms with E-state index < -0.39 is 0 Å². The van der Waals surface area contributed by atoms with Gasteiger partial charge in [-0.25, -0.2) is 4.98 Å². The van der Waals surface area contributed by atoms with Crippen LogP contribution in [-0.2, 0) is 12.8 Å². The summed E-state index contributed by atoms with van der Waals surface area (Å²) in [7, 11) is 0. The molecule has 3 aromatic rings. The number of Topliss-reactive ketones (excluding diaryl/α,β-unsaturated/α-hetero) is 1. The largest absolute Gasteiger partial charge is 0.441 e. The predicted octanol–water partition coefficient (Wildman–Crippen LogP) is 4.61. The van der Waals surface area contributed by atoms with Crippen LogP contribution in [0.4, 0.5) is 0 Å². The molecule has 5 nitrogen and oxygen atoms in total. The summed E-state index contributed by atoms with van der Waals surface area (Å²) in [5.41, 5.74) is 3.39. The number of carbonyl (C=O) groups excluding carboxylic acids is 1. The first-order chi connectivity index (χ1) is 14.5. The Labute approximate surface area is 171 Å². The molecule has 4 rings (SSSR count). The third-order valence-corrected chi connectivity index (χ3v) is 5.32. The number of benzene rings is 2. The quantitative estimate of drug-likeness (QED) is 0.469. The van der Waals surface area contributed by atoms with Crippen molar-refractivity contribution >= 4 is 23.9 Å². The van der Waals surface area contributed by atoms with Crippen LogP contribution < -0.4 is 4.82 Å². The Balaban J connectivity index is 1.35. The maximum atomic E-state index is 12.6. The zero-order valence-electron chi connectivity index (χ0n) is 17.5. The summed E-state index contributed by atoms with van der Waals surface area (Å²) >= 11 is 1.21. The lowest BCUT2D eigenvalue weighted by molar-refractivity contribution is 0.0982. The molecule has 0 saturated heterocycles. The van der Waals surface area contributed by atoms with E-state index in [9.17, 15) is 4.79 Å². The van der Waals surface area contributed by atoms with Gasteiger partial charge in [0.25, 0.3) is 0 Å². The first-order valence-corrected chi connectivity index (χ1v) is 9.98. The van der Waals surface area contributed by atoms with E-state index in [-0.39, 0.29) is 17.2 Å². The Bertz CT molecular complexity index is 1070. The molecule has 0 bridgehead atoms. The molecule has 2 heterocycles. The van der Waals surface area contributed by atoms with Gasteiger partial charge in [0.05, 0.1) is 12.3 Å². The van der Waals surface area contributed by atoms with Gasteiger partial charge >= 0.3 is 0 Å². The lowest BCUT2D eigenvalue weighted by atomic mass is 10.0. The van der Waals surface area contributed by atoms with Crippen molar-refractivity contribution in [1.82, 2.24) is 9.81 Å². The van der Waals surface area contributed by atoms with Crippen LogP contribution in [0.3, 0.4) is 0 Å². The first-order valence-electron chi connectivity index (χ1n) is 10.1. The molecule has 0 aliphatic carbocycles. The molecule has 1 N–H and O–H groups in total. The standard InChI is InChI=1S/C22H21N3O2S/c1-15-20(24-22(27-15)18-5-3-2-4-6-18)11-12-21(26)17-9-7-16(8-10-17)13-19-14-23-25-28-19/h2-10,14,19,25H,11-13H2,1H3/i14D/hD. The second-order valence-electron chi connectivity index (χ2n) is 6.62. The van der Waals surface area contributed by atoms with E-state index in [1.165, 1.54) is 11.9 Å². The highest BCUT2D eigenvalue weighted by molar-refractivity contribution is 7.98. The van der Waals surface area contributed by atoms with Crippen LogP contribution in [-0.4, -0.2) is 22.2 Å². The van der Waals surface area contributed by atoms with E-state index in [1.54, 1.807) is 0 Å². The number of aryl methyl sites for hydroxylation is 2. The normalized spacial score (nSPS) is 17.2. The highest BCUT2D eigenvalue weighted by Crippen LogP contribution is 2.23. The molecule has 1 unspecified atom stereocenters. The lowest BCUT2D eigenvalue weighted by Crippen LogP contribution is -2.07. The Morgan fingerprint density at radius 1 is 1.25 bits per heavy atom. The smallest absolute Gasteiger partial charge is 0.226 e. The van der Waals surface area contributed by atoms with Crippen LogP contribution in [0.5, 0.6) is 0 Å². The molecule has 142 valence electrons. The molecule has 0 saturated carbocycles. The molecule has 6 heteroatoms. The number of hydrogen-bond donors (Lipinski definition) is 1. The van der Waals surface area contributed by atoms with Crippen molar-refractivity contribution in [3.8, 4) is 11.5 Å². The number of oxazole rings is 1. The van der Waals surface area contributed by atoms with Gasteiger partial charge in [-0.1, -0.05) is 42.5 Å². The van der Waals surface area contributed by atoms with Crippen LogP contribution >= 0.6 is 11.9 Å². The monoisotopic (exact) mass is 393 g/mol. The van der Waals surface area contributed by atoms with Crippen molar-refractivity contribution in [3.63, 3.8) is 0 Å². The van der Waals surface area contributed by atoms with Gasteiger partial charge in [0.1, 0.15) is 5.76 Å². The van der Waals surface area contributed by atoms with Crippen LogP contribution in [0.25, 0.3) is 11.5 Å². The maximum Gasteiger partial charge on any atom is 0.226 e. The van der Waals surface area contributed by atoms with Crippen molar-refractivity contribution < 1.29 is 12.0 Å². The van der Waals surface area contributed by atoms with Crippen molar-refractivity contribution in [1.29, 1.82) is 0 Å². The predicted molar refractivity (Wildman–Crippen MR) is 112 cm³/mol. The molecule has 0 amide bonds. The molecule has 0 fully saturated rings. The van der Waals surface area contributed by atoms with E-state index in [4.69, 9.17) is 7.20 Å². The number of nitrogens with zero attached hydrogens (tertiary/aromatic N) is 2. The van der Waals surface area contributed by atoms with Gasteiger partial charge in [0.2, 0.25) is 5.89 Å². The fourth-order valence-corrected chi connectivity index (χ4v) is 3.63. The highest BCUT2D eigenvalue weighted by atomic mass is 32.2. The molecule has 1 aromatic heterocycles. The zero-order chi connectivity index (χ0) is 21.1. The van der Waals surface area contributed by atoms with Gasteiger partial charge < -0.3 is 4.42 Å². The Morgan fingerprint density at radius 2 is 2.04 bits per heavy atom.